The first-order valence-corrected chi connectivity index (χ1v) is 11.4. The van der Waals surface area contributed by atoms with Crippen molar-refractivity contribution in [1.29, 1.82) is 0 Å². The molecule has 1 N–H and O–H groups in total. The predicted octanol–water partition coefficient (Wildman–Crippen LogP) is 2.91. The molecule has 1 aromatic heterocycles. The lowest BCUT2D eigenvalue weighted by molar-refractivity contribution is -0.140. The van der Waals surface area contributed by atoms with Crippen molar-refractivity contribution in [2.75, 3.05) is 26.7 Å². The minimum atomic E-state index is -0.293. The maximum absolute atomic E-state index is 12.8. The van der Waals surface area contributed by atoms with Gasteiger partial charge in [0.25, 0.3) is 5.91 Å². The number of fused-ring (bicyclic) bond motifs is 1. The molecule has 0 bridgehead atoms. The van der Waals surface area contributed by atoms with Crippen LogP contribution in [0.3, 0.4) is 0 Å². The van der Waals surface area contributed by atoms with Crippen LogP contribution < -0.4 is 5.32 Å². The molecule has 2 heterocycles. The summed E-state index contributed by atoms with van der Waals surface area (Å²) >= 11 is 1.37. The van der Waals surface area contributed by atoms with E-state index < -0.39 is 0 Å². The van der Waals surface area contributed by atoms with E-state index in [9.17, 15) is 14.4 Å². The second-order valence-corrected chi connectivity index (χ2v) is 8.80. The van der Waals surface area contributed by atoms with E-state index in [2.05, 4.69) is 10.3 Å². The van der Waals surface area contributed by atoms with Crippen molar-refractivity contribution in [3.8, 4) is 0 Å². The van der Waals surface area contributed by atoms with Gasteiger partial charge in [-0.3, -0.25) is 14.4 Å². The molecule has 1 fully saturated rings. The van der Waals surface area contributed by atoms with Crippen LogP contribution in [0.5, 0.6) is 0 Å². The molecule has 3 amide bonds. The minimum absolute atomic E-state index is 0.0540. The summed E-state index contributed by atoms with van der Waals surface area (Å²) in [5.74, 6) is -0.504. The first-order chi connectivity index (χ1) is 14.4. The number of nitrogens with one attached hydrogen (secondary N) is 1. The molecule has 1 aromatic carbocycles. The fourth-order valence-corrected chi connectivity index (χ4v) is 4.81. The van der Waals surface area contributed by atoms with Crippen LogP contribution in [0, 0.1) is 5.92 Å². The van der Waals surface area contributed by atoms with Crippen molar-refractivity contribution >= 4 is 39.3 Å². The zero-order chi connectivity index (χ0) is 21.7. The Labute approximate surface area is 181 Å². The van der Waals surface area contributed by atoms with Crippen LogP contribution in [0.15, 0.2) is 24.3 Å². The number of aromatic nitrogens is 1. The highest BCUT2D eigenvalue weighted by atomic mass is 32.1. The van der Waals surface area contributed by atoms with Gasteiger partial charge in [-0.25, -0.2) is 4.98 Å². The molecule has 1 aliphatic heterocycles. The highest BCUT2D eigenvalue weighted by molar-refractivity contribution is 7.20. The van der Waals surface area contributed by atoms with Gasteiger partial charge in [0, 0.05) is 45.1 Å². The fourth-order valence-electron chi connectivity index (χ4n) is 3.94. The molecule has 0 aliphatic carbocycles. The lowest BCUT2D eigenvalue weighted by Gasteiger charge is -2.26. The predicted molar refractivity (Wildman–Crippen MR) is 118 cm³/mol. The third kappa shape index (κ3) is 5.16. The number of carbonyl (C=O) groups is 3. The van der Waals surface area contributed by atoms with Gasteiger partial charge in [0.2, 0.25) is 11.8 Å². The zero-order valence-corrected chi connectivity index (χ0v) is 18.7. The number of carbonyl (C=O) groups excluding carboxylic acids is 3. The van der Waals surface area contributed by atoms with Gasteiger partial charge in [-0.15, -0.1) is 11.3 Å². The third-order valence-electron chi connectivity index (χ3n) is 5.69. The van der Waals surface area contributed by atoms with Crippen molar-refractivity contribution < 1.29 is 14.4 Å². The van der Waals surface area contributed by atoms with Crippen molar-refractivity contribution in [3.05, 3.63) is 29.3 Å². The number of hydrogen-bond acceptors (Lipinski definition) is 5. The number of amides is 3. The molecule has 1 aliphatic rings. The van der Waals surface area contributed by atoms with Crippen LogP contribution >= 0.6 is 11.3 Å². The van der Waals surface area contributed by atoms with E-state index in [-0.39, 0.29) is 36.1 Å². The first kappa shape index (κ1) is 22.2. The second-order valence-electron chi connectivity index (χ2n) is 7.77. The van der Waals surface area contributed by atoms with Crippen LogP contribution in [0.4, 0.5) is 0 Å². The highest BCUT2D eigenvalue weighted by Crippen LogP contribution is 2.23. The average Bonchev–Trinajstić information content (AvgIpc) is 3.19. The highest BCUT2D eigenvalue weighted by Gasteiger charge is 2.29. The van der Waals surface area contributed by atoms with Gasteiger partial charge in [-0.2, -0.15) is 0 Å². The van der Waals surface area contributed by atoms with E-state index in [0.29, 0.717) is 31.1 Å². The summed E-state index contributed by atoms with van der Waals surface area (Å²) < 4.78 is 0.974. The molecule has 2 atom stereocenters. The normalized spacial score (nSPS) is 20.4. The van der Waals surface area contributed by atoms with Gasteiger partial charge < -0.3 is 15.1 Å². The van der Waals surface area contributed by atoms with Crippen LogP contribution in [-0.4, -0.2) is 65.2 Å². The van der Waals surface area contributed by atoms with Gasteiger partial charge in [-0.05, 0) is 38.8 Å². The molecule has 162 valence electrons. The van der Waals surface area contributed by atoms with Gasteiger partial charge in [0.1, 0.15) is 0 Å². The molecule has 30 heavy (non-hydrogen) atoms. The van der Waals surface area contributed by atoms with Gasteiger partial charge >= 0.3 is 0 Å². The lowest BCUT2D eigenvalue weighted by atomic mass is 9.95. The number of thiazole rings is 1. The van der Waals surface area contributed by atoms with E-state index >= 15 is 0 Å². The Balaban J connectivity index is 1.68. The molecular formula is C22H30N4O3S. The number of benzene rings is 1. The van der Waals surface area contributed by atoms with E-state index in [4.69, 9.17) is 0 Å². The minimum Gasteiger partial charge on any atom is -0.345 e. The number of para-hydroxylation sites is 1. The SMILES string of the molecule is CCN(CC)C(=O)C1CCCC(NC(=O)c2nc3ccccc3s2)CN(C)C(=O)C1. The van der Waals surface area contributed by atoms with Gasteiger partial charge in [-0.1, -0.05) is 18.6 Å². The van der Waals surface area contributed by atoms with E-state index in [1.54, 1.807) is 16.8 Å². The quantitative estimate of drug-likeness (QED) is 0.791. The molecule has 1 saturated heterocycles. The summed E-state index contributed by atoms with van der Waals surface area (Å²) in [6, 6.07) is 7.50. The summed E-state index contributed by atoms with van der Waals surface area (Å²) in [5.41, 5.74) is 0.812. The largest absolute Gasteiger partial charge is 0.345 e. The molecule has 0 radical (unpaired) electrons. The monoisotopic (exact) mass is 430 g/mol. The maximum atomic E-state index is 12.8. The molecule has 0 saturated carbocycles. The third-order valence-corrected chi connectivity index (χ3v) is 6.73. The Morgan fingerprint density at radius 3 is 2.67 bits per heavy atom. The Hall–Kier alpha value is -2.48. The Morgan fingerprint density at radius 1 is 1.23 bits per heavy atom. The molecule has 7 nitrogen and oxygen atoms in total. The zero-order valence-electron chi connectivity index (χ0n) is 17.9. The molecule has 3 rings (SSSR count). The average molecular weight is 431 g/mol. The first-order valence-electron chi connectivity index (χ1n) is 10.6. The Bertz CT molecular complexity index is 876. The second kappa shape index (κ2) is 10.0. The molecular weight excluding hydrogens is 400 g/mol. The summed E-state index contributed by atoms with van der Waals surface area (Å²) in [6.07, 6.45) is 2.38. The van der Waals surface area contributed by atoms with Crippen molar-refractivity contribution in [2.24, 2.45) is 5.92 Å². The molecule has 2 unspecified atom stereocenters. The van der Waals surface area contributed by atoms with Crippen LogP contribution in [0.25, 0.3) is 10.2 Å². The van der Waals surface area contributed by atoms with Crippen LogP contribution in [0.2, 0.25) is 0 Å². The topological polar surface area (TPSA) is 82.6 Å². The number of rotatable bonds is 5. The fraction of sp³-hybridized carbons (Fsp3) is 0.545. The maximum Gasteiger partial charge on any atom is 0.280 e. The summed E-state index contributed by atoms with van der Waals surface area (Å²) in [6.45, 7) is 5.64. The summed E-state index contributed by atoms with van der Waals surface area (Å²) in [5, 5.41) is 3.48. The Morgan fingerprint density at radius 2 is 1.97 bits per heavy atom. The Kier molecular flexibility index (Phi) is 7.42. The van der Waals surface area contributed by atoms with Gasteiger partial charge in [0.15, 0.2) is 5.01 Å². The standard InChI is InChI=1S/C22H30N4O3S/c1-4-26(5-2)22(29)15-9-8-10-16(14-25(3)19(27)13-15)23-20(28)21-24-17-11-6-7-12-18(17)30-21/h6-7,11-12,15-16H,4-5,8-10,13-14H2,1-3H3,(H,23,28). The molecule has 2 aromatic rings. The molecule has 0 spiro atoms. The number of hydrogen-bond donors (Lipinski definition) is 1. The molecule has 8 heteroatoms. The van der Waals surface area contributed by atoms with Crippen molar-refractivity contribution in [3.63, 3.8) is 0 Å². The summed E-state index contributed by atoms with van der Waals surface area (Å²) in [7, 11) is 1.74. The smallest absolute Gasteiger partial charge is 0.280 e. The van der Waals surface area contributed by atoms with E-state index in [0.717, 1.165) is 23.1 Å². The van der Waals surface area contributed by atoms with Crippen molar-refractivity contribution in [2.45, 2.75) is 45.6 Å². The van der Waals surface area contributed by atoms with Crippen LogP contribution in [0.1, 0.15) is 49.3 Å². The van der Waals surface area contributed by atoms with Crippen LogP contribution in [-0.2, 0) is 9.59 Å². The van der Waals surface area contributed by atoms with Crippen molar-refractivity contribution in [1.82, 2.24) is 20.1 Å². The summed E-state index contributed by atoms with van der Waals surface area (Å²) in [4.78, 5) is 46.1. The number of nitrogens with zero attached hydrogens (tertiary/aromatic N) is 3. The lowest BCUT2D eigenvalue weighted by Crippen LogP contribution is -2.44. The number of likely N-dealkylation sites (N-methyl/N-ethyl adjacent to an activating group) is 1. The van der Waals surface area contributed by atoms with E-state index in [1.165, 1.54) is 11.3 Å². The van der Waals surface area contributed by atoms with E-state index in [1.807, 2.05) is 38.1 Å². The van der Waals surface area contributed by atoms with Gasteiger partial charge in [0.05, 0.1) is 10.2 Å².